The zero-order valence-electron chi connectivity index (χ0n) is 34.9. The first-order valence-electron chi connectivity index (χ1n) is 21.5. The number of oxazole rings is 1. The molecule has 0 saturated heterocycles. The molecule has 0 fully saturated rings. The molecule has 2 heterocycles. The molecule has 11 aromatic rings. The van der Waals surface area contributed by atoms with Crippen molar-refractivity contribution in [2.24, 2.45) is 0 Å². The number of para-hydroxylation sites is 2. The highest BCUT2D eigenvalue weighted by atomic mass is 16.3. The Labute approximate surface area is 365 Å². The minimum absolute atomic E-state index is 0.175. The summed E-state index contributed by atoms with van der Waals surface area (Å²) in [6.45, 7) is 4.67. The van der Waals surface area contributed by atoms with Gasteiger partial charge in [-0.25, -0.2) is 4.98 Å². The van der Waals surface area contributed by atoms with E-state index in [0.717, 1.165) is 78.3 Å². The first-order chi connectivity index (χ1) is 31.0. The maximum atomic E-state index is 6.89. The van der Waals surface area contributed by atoms with E-state index in [0.29, 0.717) is 11.5 Å². The average Bonchev–Trinajstić information content (AvgIpc) is 4.01. The molecule has 0 N–H and O–H groups in total. The fraction of sp³-hybridized carbons (Fsp3) is 0.0517. The van der Waals surface area contributed by atoms with Crippen molar-refractivity contribution >= 4 is 67.2 Å². The summed E-state index contributed by atoms with van der Waals surface area (Å²) >= 11 is 0. The zero-order valence-corrected chi connectivity index (χ0v) is 34.9. The lowest BCUT2D eigenvalue weighted by molar-refractivity contribution is 0.620. The molecule has 0 saturated carbocycles. The SMILES string of the molecule is CC1(C)c2ccccc2-c2c(N(c3ccccc3)c3cc(N(c4cccc(-c5ccccc5)c4)c4ccc5oc6ccccc6c5c4)c4nc(-c5ccccc5)oc4c3)cccc21. The van der Waals surface area contributed by atoms with Crippen molar-refractivity contribution in [1.82, 2.24) is 4.98 Å². The van der Waals surface area contributed by atoms with Gasteiger partial charge in [0.05, 0.1) is 17.1 Å². The number of benzene rings is 9. The van der Waals surface area contributed by atoms with Gasteiger partial charge in [0.2, 0.25) is 5.89 Å². The Hall–Kier alpha value is -8.15. The number of fused-ring (bicyclic) bond motifs is 7. The number of hydrogen-bond donors (Lipinski definition) is 0. The van der Waals surface area contributed by atoms with Crippen LogP contribution >= 0.6 is 0 Å². The van der Waals surface area contributed by atoms with E-state index in [1.54, 1.807) is 0 Å². The maximum Gasteiger partial charge on any atom is 0.227 e. The zero-order chi connectivity index (χ0) is 42.1. The molecular weight excluding hydrogens is 771 g/mol. The van der Waals surface area contributed by atoms with Gasteiger partial charge in [-0.3, -0.25) is 0 Å². The second-order valence-electron chi connectivity index (χ2n) is 16.8. The average molecular weight is 812 g/mol. The molecule has 0 spiro atoms. The molecule has 12 rings (SSSR count). The van der Waals surface area contributed by atoms with Crippen LogP contribution in [0.2, 0.25) is 0 Å². The highest BCUT2D eigenvalue weighted by molar-refractivity contribution is 6.08. The van der Waals surface area contributed by atoms with E-state index in [-0.39, 0.29) is 5.41 Å². The van der Waals surface area contributed by atoms with Gasteiger partial charge in [-0.05, 0) is 101 Å². The molecule has 0 atom stereocenters. The van der Waals surface area contributed by atoms with Crippen molar-refractivity contribution in [3.63, 3.8) is 0 Å². The van der Waals surface area contributed by atoms with Gasteiger partial charge in [0.1, 0.15) is 16.7 Å². The standard InChI is InChI=1S/C58H41N3O2/c1-58(2)48-28-14-12-27-46(48)55-49(58)29-17-30-50(55)60(41-23-10-5-11-24-41)44-36-51(56-54(37-44)63-57(59-56)39-20-8-4-9-21-39)61(42-25-16-22-40(34-42)38-18-6-3-7-19-38)43-32-33-53-47(35-43)45-26-13-15-31-52(45)62-53/h3-37H,1-2H3. The summed E-state index contributed by atoms with van der Waals surface area (Å²) in [5.41, 5.74) is 17.1. The molecule has 5 heteroatoms. The van der Waals surface area contributed by atoms with E-state index in [4.69, 9.17) is 13.8 Å². The molecular formula is C58H41N3O2. The second kappa shape index (κ2) is 14.5. The Kier molecular flexibility index (Phi) is 8.44. The molecule has 0 bridgehead atoms. The summed E-state index contributed by atoms with van der Waals surface area (Å²) in [4.78, 5) is 10.1. The second-order valence-corrected chi connectivity index (χ2v) is 16.8. The van der Waals surface area contributed by atoms with Crippen LogP contribution in [0.1, 0.15) is 25.0 Å². The number of furan rings is 1. The minimum Gasteiger partial charge on any atom is -0.456 e. The summed E-state index contributed by atoms with van der Waals surface area (Å²) in [5, 5.41) is 2.10. The minimum atomic E-state index is -0.175. The summed E-state index contributed by atoms with van der Waals surface area (Å²) in [5.74, 6) is 0.556. The van der Waals surface area contributed by atoms with Crippen LogP contribution in [0.4, 0.5) is 34.1 Å². The van der Waals surface area contributed by atoms with E-state index in [1.807, 2.05) is 42.5 Å². The number of rotatable bonds is 8. The number of aromatic nitrogens is 1. The van der Waals surface area contributed by atoms with Crippen molar-refractivity contribution in [3.05, 3.63) is 223 Å². The lowest BCUT2D eigenvalue weighted by Gasteiger charge is -2.31. The molecule has 5 nitrogen and oxygen atoms in total. The highest BCUT2D eigenvalue weighted by Gasteiger charge is 2.38. The van der Waals surface area contributed by atoms with Crippen LogP contribution in [0.25, 0.3) is 66.7 Å². The van der Waals surface area contributed by atoms with Crippen molar-refractivity contribution in [2.45, 2.75) is 19.3 Å². The Morgan fingerprint density at radius 3 is 1.84 bits per heavy atom. The molecule has 0 amide bonds. The van der Waals surface area contributed by atoms with Crippen LogP contribution in [0.3, 0.4) is 0 Å². The van der Waals surface area contributed by atoms with Crippen LogP contribution in [-0.4, -0.2) is 4.98 Å². The van der Waals surface area contributed by atoms with Gasteiger partial charge in [-0.2, -0.15) is 0 Å². The summed E-state index contributed by atoms with van der Waals surface area (Å²) in [6.07, 6.45) is 0. The molecule has 300 valence electrons. The topological polar surface area (TPSA) is 45.7 Å². The van der Waals surface area contributed by atoms with Crippen molar-refractivity contribution in [2.75, 3.05) is 9.80 Å². The van der Waals surface area contributed by atoms with Crippen molar-refractivity contribution < 1.29 is 8.83 Å². The normalized spacial score (nSPS) is 12.7. The Balaban J connectivity index is 1.16. The maximum absolute atomic E-state index is 6.89. The number of hydrogen-bond acceptors (Lipinski definition) is 5. The quantitative estimate of drug-likeness (QED) is 0.153. The fourth-order valence-electron chi connectivity index (χ4n) is 9.66. The van der Waals surface area contributed by atoms with Gasteiger partial charge in [-0.1, -0.05) is 147 Å². The van der Waals surface area contributed by atoms with Gasteiger partial charge in [-0.15, -0.1) is 0 Å². The fourth-order valence-corrected chi connectivity index (χ4v) is 9.66. The van der Waals surface area contributed by atoms with E-state index in [2.05, 4.69) is 194 Å². The third kappa shape index (κ3) is 6.04. The van der Waals surface area contributed by atoms with Crippen molar-refractivity contribution in [1.29, 1.82) is 0 Å². The molecule has 0 aliphatic heterocycles. The highest BCUT2D eigenvalue weighted by Crippen LogP contribution is 2.55. The Morgan fingerprint density at radius 1 is 0.397 bits per heavy atom. The Morgan fingerprint density at radius 2 is 1.02 bits per heavy atom. The van der Waals surface area contributed by atoms with Crippen LogP contribution in [0.15, 0.2) is 221 Å². The first-order valence-corrected chi connectivity index (χ1v) is 21.5. The molecule has 9 aromatic carbocycles. The molecule has 1 aliphatic carbocycles. The van der Waals surface area contributed by atoms with Crippen LogP contribution < -0.4 is 9.80 Å². The Bertz CT molecular complexity index is 3500. The molecule has 1 aliphatic rings. The third-order valence-electron chi connectivity index (χ3n) is 12.7. The summed E-state index contributed by atoms with van der Waals surface area (Å²) in [7, 11) is 0. The molecule has 0 unspecified atom stereocenters. The molecule has 0 radical (unpaired) electrons. The van der Waals surface area contributed by atoms with Crippen LogP contribution in [0.5, 0.6) is 0 Å². The predicted octanol–water partition coefficient (Wildman–Crippen LogP) is 16.3. The van der Waals surface area contributed by atoms with Crippen LogP contribution in [-0.2, 0) is 5.41 Å². The number of anilines is 6. The van der Waals surface area contributed by atoms with Crippen molar-refractivity contribution in [3.8, 4) is 33.7 Å². The van der Waals surface area contributed by atoms with Gasteiger partial charge in [0, 0.05) is 50.4 Å². The van der Waals surface area contributed by atoms with Gasteiger partial charge < -0.3 is 18.6 Å². The monoisotopic (exact) mass is 811 g/mol. The summed E-state index contributed by atoms with van der Waals surface area (Å²) < 4.78 is 13.3. The lowest BCUT2D eigenvalue weighted by Crippen LogP contribution is -2.16. The van der Waals surface area contributed by atoms with E-state index in [9.17, 15) is 0 Å². The van der Waals surface area contributed by atoms with Gasteiger partial charge in [0.15, 0.2) is 5.58 Å². The van der Waals surface area contributed by atoms with E-state index in [1.165, 1.54) is 22.3 Å². The number of nitrogens with zero attached hydrogens (tertiary/aromatic N) is 3. The first kappa shape index (κ1) is 36.7. The largest absolute Gasteiger partial charge is 0.456 e. The van der Waals surface area contributed by atoms with Gasteiger partial charge >= 0.3 is 0 Å². The molecule has 63 heavy (non-hydrogen) atoms. The lowest BCUT2D eigenvalue weighted by atomic mass is 9.82. The predicted molar refractivity (Wildman–Crippen MR) is 259 cm³/mol. The summed E-state index contributed by atoms with van der Waals surface area (Å²) in [6, 6.07) is 74.9. The van der Waals surface area contributed by atoms with E-state index >= 15 is 0 Å². The van der Waals surface area contributed by atoms with E-state index < -0.39 is 0 Å². The third-order valence-corrected chi connectivity index (χ3v) is 12.7. The van der Waals surface area contributed by atoms with Crippen LogP contribution in [0, 0.1) is 0 Å². The molecule has 2 aromatic heterocycles. The smallest absolute Gasteiger partial charge is 0.227 e. The van der Waals surface area contributed by atoms with Gasteiger partial charge in [0.25, 0.3) is 0 Å².